The number of hydrogen-bond donors (Lipinski definition) is 2. The smallest absolute Gasteiger partial charge is 0.250 e. The lowest BCUT2D eigenvalue weighted by molar-refractivity contribution is -0.119. The highest BCUT2D eigenvalue weighted by atomic mass is 16.5. The summed E-state index contributed by atoms with van der Waals surface area (Å²) in [7, 11) is 1.46. The molecule has 0 atom stereocenters. The summed E-state index contributed by atoms with van der Waals surface area (Å²) in [5.74, 6) is 1.05. The van der Waals surface area contributed by atoms with Gasteiger partial charge in [-0.2, -0.15) is 0 Å². The maximum atomic E-state index is 12.1. The van der Waals surface area contributed by atoms with Gasteiger partial charge in [0.25, 0.3) is 0 Å². The second-order valence-corrected chi connectivity index (χ2v) is 5.94. The highest BCUT2D eigenvalue weighted by molar-refractivity contribution is 5.93. The molecule has 2 aromatic rings. The molecule has 7 heteroatoms. The molecule has 2 aromatic carbocycles. The monoisotopic (exact) mass is 386 g/mol. The molecule has 28 heavy (non-hydrogen) atoms. The van der Waals surface area contributed by atoms with Crippen LogP contribution in [0.3, 0.4) is 0 Å². The molecule has 0 aromatic heterocycles. The van der Waals surface area contributed by atoms with E-state index in [2.05, 4.69) is 10.6 Å². The van der Waals surface area contributed by atoms with Crippen LogP contribution in [-0.4, -0.2) is 38.7 Å². The molecular formula is C21H26N2O5. The summed E-state index contributed by atoms with van der Waals surface area (Å²) < 4.78 is 16.0. The Labute approximate surface area is 165 Å². The van der Waals surface area contributed by atoms with E-state index in [1.54, 1.807) is 24.3 Å². The second kappa shape index (κ2) is 11.6. The van der Waals surface area contributed by atoms with Crippen LogP contribution < -0.4 is 20.1 Å². The average Bonchev–Trinajstić information content (AvgIpc) is 2.68. The Balaban J connectivity index is 1.72. The molecule has 0 saturated carbocycles. The summed E-state index contributed by atoms with van der Waals surface area (Å²) in [6.07, 6.45) is 0.917. The Morgan fingerprint density at radius 3 is 2.00 bits per heavy atom. The zero-order valence-electron chi connectivity index (χ0n) is 16.2. The second-order valence-electron chi connectivity index (χ2n) is 5.94. The molecule has 7 nitrogen and oxygen atoms in total. The molecule has 150 valence electrons. The summed E-state index contributed by atoms with van der Waals surface area (Å²) >= 11 is 0. The summed E-state index contributed by atoms with van der Waals surface area (Å²) in [6.45, 7) is 2.90. The lowest BCUT2D eigenvalue weighted by Crippen LogP contribution is -2.17. The third kappa shape index (κ3) is 7.28. The number of nitrogens with one attached hydrogen (secondary N) is 2. The largest absolute Gasteiger partial charge is 0.490 e. The third-order valence-electron chi connectivity index (χ3n) is 3.68. The average molecular weight is 386 g/mol. The molecule has 0 heterocycles. The molecule has 0 aliphatic rings. The number of methoxy groups -OCH3 is 1. The van der Waals surface area contributed by atoms with E-state index in [4.69, 9.17) is 14.2 Å². The van der Waals surface area contributed by atoms with Gasteiger partial charge in [0.05, 0.1) is 13.2 Å². The number of carbonyl (C=O) groups is 2. The molecule has 0 saturated heterocycles. The maximum Gasteiger partial charge on any atom is 0.250 e. The van der Waals surface area contributed by atoms with Crippen molar-refractivity contribution in [1.82, 2.24) is 0 Å². The van der Waals surface area contributed by atoms with Crippen LogP contribution >= 0.6 is 0 Å². The predicted octanol–water partition coefficient (Wildman–Crippen LogP) is 3.47. The summed E-state index contributed by atoms with van der Waals surface area (Å²) in [5, 5.41) is 5.51. The van der Waals surface area contributed by atoms with Gasteiger partial charge in [0.2, 0.25) is 11.8 Å². The van der Waals surface area contributed by atoms with Crippen molar-refractivity contribution < 1.29 is 23.8 Å². The van der Waals surface area contributed by atoms with E-state index in [1.165, 1.54) is 7.11 Å². The maximum absolute atomic E-state index is 12.1. The first-order valence-corrected chi connectivity index (χ1v) is 9.15. The topological polar surface area (TPSA) is 85.9 Å². The van der Waals surface area contributed by atoms with Gasteiger partial charge in [-0.3, -0.25) is 9.59 Å². The van der Waals surface area contributed by atoms with Gasteiger partial charge in [-0.1, -0.05) is 12.1 Å². The number of amides is 2. The van der Waals surface area contributed by atoms with Crippen molar-refractivity contribution in [2.24, 2.45) is 0 Å². The first kappa shape index (κ1) is 21.2. The van der Waals surface area contributed by atoms with Crippen molar-refractivity contribution in [3.8, 4) is 11.5 Å². The van der Waals surface area contributed by atoms with Crippen molar-refractivity contribution in [3.05, 3.63) is 48.5 Å². The Kier molecular flexibility index (Phi) is 8.81. The number of hydrogen-bond acceptors (Lipinski definition) is 5. The molecule has 0 spiro atoms. The molecular weight excluding hydrogens is 360 g/mol. The minimum Gasteiger partial charge on any atom is -0.490 e. The number of ether oxygens (including phenoxy) is 3. The minimum absolute atomic E-state index is 0.00436. The standard InChI is InChI=1S/C21H26N2O5/c1-3-27-18-7-4-5-8-19(18)28-14-6-9-20(24)22-16-10-12-17(13-11-16)23-21(25)15-26-2/h4-5,7-8,10-13H,3,6,9,14-15H2,1-2H3,(H,22,24)(H,23,25). The Bertz CT molecular complexity index is 762. The minimum atomic E-state index is -0.231. The molecule has 0 radical (unpaired) electrons. The van der Waals surface area contributed by atoms with Crippen LogP contribution in [0.2, 0.25) is 0 Å². The van der Waals surface area contributed by atoms with Crippen LogP contribution in [0.15, 0.2) is 48.5 Å². The van der Waals surface area contributed by atoms with E-state index in [0.29, 0.717) is 48.9 Å². The fraction of sp³-hybridized carbons (Fsp3) is 0.333. The van der Waals surface area contributed by atoms with Crippen LogP contribution in [0.25, 0.3) is 0 Å². The van der Waals surface area contributed by atoms with Gasteiger partial charge in [-0.15, -0.1) is 0 Å². The number of carbonyl (C=O) groups excluding carboxylic acids is 2. The number of anilines is 2. The third-order valence-corrected chi connectivity index (χ3v) is 3.68. The van der Waals surface area contributed by atoms with Gasteiger partial charge in [0.1, 0.15) is 6.61 Å². The zero-order chi connectivity index (χ0) is 20.2. The van der Waals surface area contributed by atoms with Crippen molar-refractivity contribution in [1.29, 1.82) is 0 Å². The van der Waals surface area contributed by atoms with Gasteiger partial charge in [-0.05, 0) is 49.7 Å². The molecule has 0 aliphatic carbocycles. The summed E-state index contributed by atoms with van der Waals surface area (Å²) in [6, 6.07) is 14.4. The van der Waals surface area contributed by atoms with Crippen molar-refractivity contribution in [3.63, 3.8) is 0 Å². The SMILES string of the molecule is CCOc1ccccc1OCCCC(=O)Nc1ccc(NC(=O)COC)cc1. The van der Waals surface area contributed by atoms with Crippen LogP contribution in [-0.2, 0) is 14.3 Å². The highest BCUT2D eigenvalue weighted by Gasteiger charge is 2.06. The molecule has 2 amide bonds. The van der Waals surface area contributed by atoms with Crippen LogP contribution in [0.1, 0.15) is 19.8 Å². The van der Waals surface area contributed by atoms with E-state index in [0.717, 1.165) is 0 Å². The van der Waals surface area contributed by atoms with Gasteiger partial charge in [0, 0.05) is 24.9 Å². The molecule has 0 fully saturated rings. The molecule has 0 unspecified atom stereocenters. The number of rotatable bonds is 11. The van der Waals surface area contributed by atoms with Crippen molar-refractivity contribution >= 4 is 23.2 Å². The van der Waals surface area contributed by atoms with Gasteiger partial charge in [-0.25, -0.2) is 0 Å². The summed E-state index contributed by atoms with van der Waals surface area (Å²) in [4.78, 5) is 23.5. The number of benzene rings is 2. The van der Waals surface area contributed by atoms with Gasteiger partial charge < -0.3 is 24.8 Å². The quantitative estimate of drug-likeness (QED) is 0.578. The molecule has 0 bridgehead atoms. The predicted molar refractivity (Wildman–Crippen MR) is 108 cm³/mol. The molecule has 2 rings (SSSR count). The van der Waals surface area contributed by atoms with E-state index in [-0.39, 0.29) is 18.4 Å². The number of para-hydroxylation sites is 2. The Hall–Kier alpha value is -3.06. The van der Waals surface area contributed by atoms with E-state index in [9.17, 15) is 9.59 Å². The van der Waals surface area contributed by atoms with Crippen LogP contribution in [0.4, 0.5) is 11.4 Å². The highest BCUT2D eigenvalue weighted by Crippen LogP contribution is 2.26. The normalized spacial score (nSPS) is 10.2. The lowest BCUT2D eigenvalue weighted by Gasteiger charge is -2.11. The fourth-order valence-corrected chi connectivity index (χ4v) is 2.45. The van der Waals surface area contributed by atoms with E-state index in [1.807, 2.05) is 31.2 Å². The van der Waals surface area contributed by atoms with Crippen molar-refractivity contribution in [2.75, 3.05) is 37.6 Å². The molecule has 2 N–H and O–H groups in total. The first-order valence-electron chi connectivity index (χ1n) is 9.15. The van der Waals surface area contributed by atoms with E-state index >= 15 is 0 Å². The van der Waals surface area contributed by atoms with Crippen LogP contribution in [0.5, 0.6) is 11.5 Å². The van der Waals surface area contributed by atoms with Gasteiger partial charge in [0.15, 0.2) is 11.5 Å². The van der Waals surface area contributed by atoms with Crippen molar-refractivity contribution in [2.45, 2.75) is 19.8 Å². The fourth-order valence-electron chi connectivity index (χ4n) is 2.45. The Morgan fingerprint density at radius 2 is 1.43 bits per heavy atom. The first-order chi connectivity index (χ1) is 13.6. The van der Waals surface area contributed by atoms with Crippen LogP contribution in [0, 0.1) is 0 Å². The zero-order valence-corrected chi connectivity index (χ0v) is 16.2. The van der Waals surface area contributed by atoms with E-state index < -0.39 is 0 Å². The molecule has 0 aliphatic heterocycles. The Morgan fingerprint density at radius 1 is 0.857 bits per heavy atom. The summed E-state index contributed by atoms with van der Waals surface area (Å²) in [5.41, 5.74) is 1.30. The van der Waals surface area contributed by atoms with Gasteiger partial charge >= 0.3 is 0 Å². The lowest BCUT2D eigenvalue weighted by atomic mass is 10.2.